The van der Waals surface area contributed by atoms with Crippen LogP contribution < -0.4 is 21.5 Å². The minimum atomic E-state index is -0.406. The van der Waals surface area contributed by atoms with Gasteiger partial charge in [-0.15, -0.1) is 0 Å². The zero-order chi connectivity index (χ0) is 23.8. The molecule has 3 aromatic heterocycles. The standard InChI is InChI=1S/C23H28N8O3/c1-28-20-19(21(33)29(2)23(28)34)26-22(27-20)31-11-9-30(10-12-31)14-18(32)24-8-7-15-13-25-17-6-4-3-5-16(15)17/h3-6,13,25H,7-12,14H2,1-2H3,(H,24,32)(H,26,27). The number of H-pyrrole nitrogens is 2. The molecule has 178 valence electrons. The third kappa shape index (κ3) is 3.98. The number of aryl methyl sites for hydroxylation is 1. The molecule has 0 unspecified atom stereocenters. The number of aromatic nitrogens is 5. The van der Waals surface area contributed by atoms with Gasteiger partial charge in [0.25, 0.3) is 5.56 Å². The van der Waals surface area contributed by atoms with Crippen LogP contribution in [0.15, 0.2) is 40.1 Å². The molecule has 1 aliphatic rings. The van der Waals surface area contributed by atoms with Crippen molar-refractivity contribution in [3.63, 3.8) is 0 Å². The number of rotatable bonds is 6. The lowest BCUT2D eigenvalue weighted by Gasteiger charge is -2.34. The maximum absolute atomic E-state index is 12.4. The van der Waals surface area contributed by atoms with Crippen molar-refractivity contribution < 1.29 is 4.79 Å². The second-order valence-corrected chi connectivity index (χ2v) is 8.69. The van der Waals surface area contributed by atoms with Gasteiger partial charge in [-0.05, 0) is 18.1 Å². The topological polar surface area (TPSA) is 124 Å². The first-order valence-corrected chi connectivity index (χ1v) is 11.4. The summed E-state index contributed by atoms with van der Waals surface area (Å²) in [6.45, 7) is 3.66. The number of carbonyl (C=O) groups is 1. The van der Waals surface area contributed by atoms with E-state index in [9.17, 15) is 14.4 Å². The Labute approximate surface area is 195 Å². The first kappa shape index (κ1) is 22.0. The van der Waals surface area contributed by atoms with Crippen LogP contribution in [0.25, 0.3) is 22.1 Å². The summed E-state index contributed by atoms with van der Waals surface area (Å²) in [6.07, 6.45) is 2.78. The molecule has 1 aliphatic heterocycles. The zero-order valence-electron chi connectivity index (χ0n) is 19.3. The number of nitrogens with one attached hydrogen (secondary N) is 3. The van der Waals surface area contributed by atoms with Crippen LogP contribution in [0.4, 0.5) is 5.95 Å². The Morgan fingerprint density at radius 1 is 1.09 bits per heavy atom. The van der Waals surface area contributed by atoms with Gasteiger partial charge >= 0.3 is 5.69 Å². The Hall–Kier alpha value is -3.86. The van der Waals surface area contributed by atoms with Gasteiger partial charge in [0.1, 0.15) is 0 Å². The summed E-state index contributed by atoms with van der Waals surface area (Å²) in [5.74, 6) is 0.576. The van der Waals surface area contributed by atoms with E-state index in [1.54, 1.807) is 7.05 Å². The van der Waals surface area contributed by atoms with Crippen LogP contribution in [0, 0.1) is 0 Å². The molecule has 1 amide bonds. The van der Waals surface area contributed by atoms with Crippen molar-refractivity contribution in [3.8, 4) is 0 Å². The Balaban J connectivity index is 1.14. The average Bonchev–Trinajstić information content (AvgIpc) is 3.47. The highest BCUT2D eigenvalue weighted by Crippen LogP contribution is 2.18. The van der Waals surface area contributed by atoms with Gasteiger partial charge in [-0.3, -0.25) is 23.6 Å². The van der Waals surface area contributed by atoms with Crippen LogP contribution in [0.5, 0.6) is 0 Å². The highest BCUT2D eigenvalue weighted by atomic mass is 16.2. The molecule has 0 saturated carbocycles. The fourth-order valence-corrected chi connectivity index (χ4v) is 4.52. The number of aromatic amines is 2. The van der Waals surface area contributed by atoms with Crippen LogP contribution in [0.3, 0.4) is 0 Å². The summed E-state index contributed by atoms with van der Waals surface area (Å²) >= 11 is 0. The highest BCUT2D eigenvalue weighted by molar-refractivity contribution is 5.83. The molecule has 3 N–H and O–H groups in total. The molecule has 0 atom stereocenters. The number of para-hydroxylation sites is 1. The lowest BCUT2D eigenvalue weighted by atomic mass is 10.1. The first-order valence-electron chi connectivity index (χ1n) is 11.4. The molecule has 0 radical (unpaired) electrons. The largest absolute Gasteiger partial charge is 0.361 e. The fourth-order valence-electron chi connectivity index (χ4n) is 4.52. The Bertz CT molecular complexity index is 1470. The van der Waals surface area contributed by atoms with Gasteiger partial charge in [0, 0.05) is 63.9 Å². The van der Waals surface area contributed by atoms with E-state index in [1.165, 1.54) is 22.6 Å². The molecule has 0 spiro atoms. The molecule has 1 saturated heterocycles. The van der Waals surface area contributed by atoms with Crippen molar-refractivity contribution in [1.82, 2.24) is 34.3 Å². The quantitative estimate of drug-likeness (QED) is 0.367. The van der Waals surface area contributed by atoms with Crippen LogP contribution in [-0.4, -0.2) is 74.2 Å². The van der Waals surface area contributed by atoms with Crippen LogP contribution in [0.2, 0.25) is 0 Å². The predicted molar refractivity (Wildman–Crippen MR) is 130 cm³/mol. The van der Waals surface area contributed by atoms with E-state index in [1.807, 2.05) is 29.3 Å². The van der Waals surface area contributed by atoms with Gasteiger partial charge in [-0.2, -0.15) is 4.98 Å². The lowest BCUT2D eigenvalue weighted by Crippen LogP contribution is -2.50. The number of amides is 1. The SMILES string of the molecule is Cn1c(=O)c2[nH]c(N3CCN(CC(=O)NCCc4c[nH]c5ccccc45)CC3)nc2n(C)c1=O. The minimum absolute atomic E-state index is 0.00975. The Morgan fingerprint density at radius 3 is 2.65 bits per heavy atom. The van der Waals surface area contributed by atoms with Crippen LogP contribution in [-0.2, 0) is 25.3 Å². The van der Waals surface area contributed by atoms with Crippen molar-refractivity contribution in [3.05, 3.63) is 56.9 Å². The Morgan fingerprint density at radius 2 is 1.85 bits per heavy atom. The number of imidazole rings is 1. The van der Waals surface area contributed by atoms with E-state index in [0.29, 0.717) is 56.4 Å². The maximum atomic E-state index is 12.4. The highest BCUT2D eigenvalue weighted by Gasteiger charge is 2.23. The fraction of sp³-hybridized carbons (Fsp3) is 0.391. The van der Waals surface area contributed by atoms with E-state index >= 15 is 0 Å². The van der Waals surface area contributed by atoms with Gasteiger partial charge in [0.15, 0.2) is 11.2 Å². The first-order chi connectivity index (χ1) is 16.4. The summed E-state index contributed by atoms with van der Waals surface area (Å²) in [4.78, 5) is 52.0. The summed E-state index contributed by atoms with van der Waals surface area (Å²) in [5.41, 5.74) is 2.17. The molecule has 0 aliphatic carbocycles. The number of nitrogens with zero attached hydrogens (tertiary/aromatic N) is 5. The van der Waals surface area contributed by atoms with Gasteiger partial charge < -0.3 is 20.2 Å². The molecule has 0 bridgehead atoms. The van der Waals surface area contributed by atoms with E-state index in [2.05, 4.69) is 31.2 Å². The van der Waals surface area contributed by atoms with Gasteiger partial charge in [-0.1, -0.05) is 18.2 Å². The smallest absolute Gasteiger partial charge is 0.332 e. The summed E-state index contributed by atoms with van der Waals surface area (Å²) < 4.78 is 2.44. The number of anilines is 1. The van der Waals surface area contributed by atoms with Gasteiger partial charge in [-0.25, -0.2) is 4.79 Å². The number of hydrogen-bond acceptors (Lipinski definition) is 6. The molecule has 1 fully saturated rings. The third-order valence-electron chi connectivity index (χ3n) is 6.51. The zero-order valence-corrected chi connectivity index (χ0v) is 19.3. The Kier molecular flexibility index (Phi) is 5.70. The average molecular weight is 465 g/mol. The summed E-state index contributed by atoms with van der Waals surface area (Å²) in [5, 5.41) is 4.21. The van der Waals surface area contributed by atoms with Gasteiger partial charge in [0.2, 0.25) is 11.9 Å². The van der Waals surface area contributed by atoms with Crippen molar-refractivity contribution in [1.29, 1.82) is 0 Å². The van der Waals surface area contributed by atoms with E-state index < -0.39 is 5.69 Å². The van der Waals surface area contributed by atoms with Crippen LogP contribution >= 0.6 is 0 Å². The minimum Gasteiger partial charge on any atom is -0.361 e. The molecule has 4 heterocycles. The molecule has 11 heteroatoms. The monoisotopic (exact) mass is 464 g/mol. The molecule has 34 heavy (non-hydrogen) atoms. The molecular formula is C23H28N8O3. The van der Waals surface area contributed by atoms with Crippen molar-refractivity contribution in [2.75, 3.05) is 44.2 Å². The lowest BCUT2D eigenvalue weighted by molar-refractivity contribution is -0.122. The van der Waals surface area contributed by atoms with E-state index in [0.717, 1.165) is 16.5 Å². The summed E-state index contributed by atoms with van der Waals surface area (Å²) in [6, 6.07) is 8.15. The molecule has 11 nitrogen and oxygen atoms in total. The second kappa shape index (κ2) is 8.82. The third-order valence-corrected chi connectivity index (χ3v) is 6.51. The van der Waals surface area contributed by atoms with Crippen molar-refractivity contribution in [2.45, 2.75) is 6.42 Å². The number of carbonyl (C=O) groups excluding carboxylic acids is 1. The number of benzene rings is 1. The molecule has 1 aromatic carbocycles. The predicted octanol–water partition coefficient (Wildman–Crippen LogP) is -0.0775. The van der Waals surface area contributed by atoms with Crippen molar-refractivity contribution in [2.24, 2.45) is 14.1 Å². The maximum Gasteiger partial charge on any atom is 0.332 e. The number of fused-ring (bicyclic) bond motifs is 2. The van der Waals surface area contributed by atoms with Crippen molar-refractivity contribution >= 4 is 33.9 Å². The summed E-state index contributed by atoms with van der Waals surface area (Å²) in [7, 11) is 3.05. The van der Waals surface area contributed by atoms with E-state index in [-0.39, 0.29) is 11.5 Å². The van der Waals surface area contributed by atoms with Gasteiger partial charge in [0.05, 0.1) is 6.54 Å². The molecular weight excluding hydrogens is 436 g/mol. The second-order valence-electron chi connectivity index (χ2n) is 8.69. The normalized spacial score (nSPS) is 14.8. The van der Waals surface area contributed by atoms with E-state index in [4.69, 9.17) is 0 Å². The molecule has 4 aromatic rings. The molecule has 5 rings (SSSR count). The number of piperazine rings is 1. The van der Waals surface area contributed by atoms with Crippen LogP contribution in [0.1, 0.15) is 5.56 Å². The number of hydrogen-bond donors (Lipinski definition) is 3.